The Balaban J connectivity index is 2.27. The second kappa shape index (κ2) is 6.46. The Bertz CT molecular complexity index is 511. The number of likely N-dealkylation sites (tertiary alicyclic amines) is 1. The summed E-state index contributed by atoms with van der Waals surface area (Å²) < 4.78 is 0. The Morgan fingerprint density at radius 3 is 2.71 bits per heavy atom. The molecular formula is C17H27N3O. The van der Waals surface area contributed by atoms with E-state index in [0.29, 0.717) is 0 Å². The molecule has 0 unspecified atom stereocenters. The predicted molar refractivity (Wildman–Crippen MR) is 86.7 cm³/mol. The molecule has 1 fully saturated rings. The number of nitrogens with zero attached hydrogens (tertiary/aromatic N) is 2. The maximum Gasteiger partial charge on any atom is 0.254 e. The molecule has 1 amide bonds. The Morgan fingerprint density at radius 1 is 1.38 bits per heavy atom. The molecule has 0 bridgehead atoms. The molecule has 0 spiro atoms. The summed E-state index contributed by atoms with van der Waals surface area (Å²) in [6.45, 7) is 10.2. The van der Waals surface area contributed by atoms with Crippen molar-refractivity contribution in [1.82, 2.24) is 9.88 Å². The van der Waals surface area contributed by atoms with Crippen LogP contribution >= 0.6 is 0 Å². The summed E-state index contributed by atoms with van der Waals surface area (Å²) in [5.41, 5.74) is 1.69. The fourth-order valence-electron chi connectivity index (χ4n) is 2.88. The number of aryl methyl sites for hydroxylation is 1. The van der Waals surface area contributed by atoms with E-state index in [2.05, 4.69) is 38.0 Å². The quantitative estimate of drug-likeness (QED) is 0.902. The van der Waals surface area contributed by atoms with E-state index in [1.807, 2.05) is 17.0 Å². The van der Waals surface area contributed by atoms with E-state index in [1.165, 1.54) is 0 Å². The first-order chi connectivity index (χ1) is 9.97. The first kappa shape index (κ1) is 15.8. The van der Waals surface area contributed by atoms with Crippen molar-refractivity contribution in [3.05, 3.63) is 23.4 Å². The molecule has 0 radical (unpaired) electrons. The van der Waals surface area contributed by atoms with Crippen molar-refractivity contribution < 1.29 is 4.79 Å². The van der Waals surface area contributed by atoms with Gasteiger partial charge in [0.25, 0.3) is 5.91 Å². The highest BCUT2D eigenvalue weighted by Crippen LogP contribution is 2.30. The maximum atomic E-state index is 12.8. The molecule has 4 nitrogen and oxygen atoms in total. The number of carbonyl (C=O) groups is 1. The number of rotatable bonds is 5. The minimum absolute atomic E-state index is 0.0380. The molecule has 21 heavy (non-hydrogen) atoms. The van der Waals surface area contributed by atoms with Gasteiger partial charge in [-0.2, -0.15) is 0 Å². The van der Waals surface area contributed by atoms with Crippen LogP contribution in [0.2, 0.25) is 0 Å². The summed E-state index contributed by atoms with van der Waals surface area (Å²) in [7, 11) is 0. The van der Waals surface area contributed by atoms with Crippen LogP contribution in [0.15, 0.2) is 12.1 Å². The average Bonchev–Trinajstić information content (AvgIpc) is 2.83. The van der Waals surface area contributed by atoms with Gasteiger partial charge in [-0.3, -0.25) is 4.79 Å². The van der Waals surface area contributed by atoms with Crippen LogP contribution in [0.5, 0.6) is 0 Å². The Labute approximate surface area is 127 Å². The monoisotopic (exact) mass is 289 g/mol. The van der Waals surface area contributed by atoms with Crippen LogP contribution in [0.4, 0.5) is 5.82 Å². The van der Waals surface area contributed by atoms with Crippen LogP contribution in [-0.2, 0) is 6.42 Å². The lowest BCUT2D eigenvalue weighted by Gasteiger charge is -2.31. The zero-order valence-corrected chi connectivity index (χ0v) is 13.7. The summed E-state index contributed by atoms with van der Waals surface area (Å²) in [4.78, 5) is 19.4. The van der Waals surface area contributed by atoms with Gasteiger partial charge in [-0.25, -0.2) is 4.98 Å². The molecule has 0 saturated carbocycles. The van der Waals surface area contributed by atoms with Crippen LogP contribution in [0, 0.1) is 0 Å². The van der Waals surface area contributed by atoms with Gasteiger partial charge in [0.2, 0.25) is 0 Å². The third-order valence-electron chi connectivity index (χ3n) is 4.19. The van der Waals surface area contributed by atoms with Crippen LogP contribution in [0.3, 0.4) is 0 Å². The van der Waals surface area contributed by atoms with Crippen molar-refractivity contribution in [3.63, 3.8) is 0 Å². The van der Waals surface area contributed by atoms with Crippen molar-refractivity contribution in [2.45, 2.75) is 58.9 Å². The molecule has 1 saturated heterocycles. The number of hydrogen-bond acceptors (Lipinski definition) is 3. The molecule has 2 heterocycles. The molecule has 1 aromatic rings. The summed E-state index contributed by atoms with van der Waals surface area (Å²) in [5, 5.41) is 3.29. The Hall–Kier alpha value is -1.58. The van der Waals surface area contributed by atoms with Gasteiger partial charge < -0.3 is 10.2 Å². The SMILES string of the molecule is CCCNc1cc(C(=O)N2CCCC2(C)C)cc(CC)n1. The van der Waals surface area contributed by atoms with Crippen molar-refractivity contribution in [1.29, 1.82) is 0 Å². The number of aromatic nitrogens is 1. The Kier molecular flexibility index (Phi) is 4.86. The standard InChI is InChI=1S/C17H27N3O/c1-5-9-18-15-12-13(11-14(6-2)19-15)16(21)20-10-7-8-17(20,3)4/h11-12H,5-10H2,1-4H3,(H,18,19). The van der Waals surface area contributed by atoms with Crippen molar-refractivity contribution in [2.75, 3.05) is 18.4 Å². The second-order valence-corrected chi connectivity index (χ2v) is 6.39. The van der Waals surface area contributed by atoms with Crippen LogP contribution < -0.4 is 5.32 Å². The average molecular weight is 289 g/mol. The lowest BCUT2D eigenvalue weighted by atomic mass is 10.0. The van der Waals surface area contributed by atoms with Crippen molar-refractivity contribution in [2.24, 2.45) is 0 Å². The van der Waals surface area contributed by atoms with E-state index in [1.54, 1.807) is 0 Å². The molecule has 0 aliphatic carbocycles. The van der Waals surface area contributed by atoms with E-state index >= 15 is 0 Å². The fraction of sp³-hybridized carbons (Fsp3) is 0.647. The molecule has 1 aliphatic rings. The van der Waals surface area contributed by atoms with Gasteiger partial charge >= 0.3 is 0 Å². The highest BCUT2D eigenvalue weighted by Gasteiger charge is 2.35. The second-order valence-electron chi connectivity index (χ2n) is 6.39. The molecular weight excluding hydrogens is 262 g/mol. The van der Waals surface area contributed by atoms with Crippen molar-refractivity contribution >= 4 is 11.7 Å². The van der Waals surface area contributed by atoms with Gasteiger partial charge in [-0.05, 0) is 51.7 Å². The van der Waals surface area contributed by atoms with Gasteiger partial charge in [0.15, 0.2) is 0 Å². The highest BCUT2D eigenvalue weighted by molar-refractivity contribution is 5.95. The maximum absolute atomic E-state index is 12.8. The largest absolute Gasteiger partial charge is 0.370 e. The number of carbonyl (C=O) groups excluding carboxylic acids is 1. The third-order valence-corrected chi connectivity index (χ3v) is 4.19. The van der Waals surface area contributed by atoms with Crippen LogP contribution in [-0.4, -0.2) is 34.4 Å². The van der Waals surface area contributed by atoms with E-state index in [9.17, 15) is 4.79 Å². The summed E-state index contributed by atoms with van der Waals surface area (Å²) >= 11 is 0. The molecule has 1 N–H and O–H groups in total. The third kappa shape index (κ3) is 3.55. The van der Waals surface area contributed by atoms with Crippen molar-refractivity contribution in [3.8, 4) is 0 Å². The zero-order valence-electron chi connectivity index (χ0n) is 13.7. The minimum atomic E-state index is -0.0380. The summed E-state index contributed by atoms with van der Waals surface area (Å²) in [6.07, 6.45) is 4.04. The number of anilines is 1. The number of pyridine rings is 1. The lowest BCUT2D eigenvalue weighted by molar-refractivity contribution is 0.0652. The minimum Gasteiger partial charge on any atom is -0.370 e. The van der Waals surface area contributed by atoms with Crippen LogP contribution in [0.1, 0.15) is 63.0 Å². The Morgan fingerprint density at radius 2 is 2.14 bits per heavy atom. The predicted octanol–water partition coefficient (Wildman–Crippen LogP) is 3.48. The van der Waals surface area contributed by atoms with E-state index in [-0.39, 0.29) is 11.4 Å². The molecule has 4 heteroatoms. The van der Waals surface area contributed by atoms with E-state index in [4.69, 9.17) is 0 Å². The smallest absolute Gasteiger partial charge is 0.254 e. The zero-order chi connectivity index (χ0) is 15.5. The van der Waals surface area contributed by atoms with Gasteiger partial charge in [0, 0.05) is 29.9 Å². The number of amides is 1. The highest BCUT2D eigenvalue weighted by atomic mass is 16.2. The van der Waals surface area contributed by atoms with Crippen LogP contribution in [0.25, 0.3) is 0 Å². The van der Waals surface area contributed by atoms with Gasteiger partial charge in [0.05, 0.1) is 0 Å². The summed E-state index contributed by atoms with van der Waals surface area (Å²) in [5.74, 6) is 0.950. The first-order valence-electron chi connectivity index (χ1n) is 8.04. The van der Waals surface area contributed by atoms with E-state index in [0.717, 1.165) is 55.8 Å². The molecule has 0 atom stereocenters. The van der Waals surface area contributed by atoms with Gasteiger partial charge in [-0.15, -0.1) is 0 Å². The molecule has 1 aliphatic heterocycles. The van der Waals surface area contributed by atoms with Gasteiger partial charge in [0.1, 0.15) is 5.82 Å². The molecule has 2 rings (SSSR count). The number of nitrogens with one attached hydrogen (secondary N) is 1. The van der Waals surface area contributed by atoms with Gasteiger partial charge in [-0.1, -0.05) is 13.8 Å². The normalized spacial score (nSPS) is 17.0. The molecule has 1 aromatic heterocycles. The topological polar surface area (TPSA) is 45.2 Å². The fourth-order valence-corrected chi connectivity index (χ4v) is 2.88. The molecule has 0 aromatic carbocycles. The summed E-state index contributed by atoms with van der Waals surface area (Å²) in [6, 6.07) is 3.83. The number of hydrogen-bond donors (Lipinski definition) is 1. The first-order valence-corrected chi connectivity index (χ1v) is 8.04. The molecule has 116 valence electrons. The lowest BCUT2D eigenvalue weighted by Crippen LogP contribution is -2.42. The van der Waals surface area contributed by atoms with E-state index < -0.39 is 0 Å².